The summed E-state index contributed by atoms with van der Waals surface area (Å²) in [6.07, 6.45) is 0.469. The molecular weight excluding hydrogens is 150 g/mol. The number of esters is 1. The molecule has 0 bridgehead atoms. The van der Waals surface area contributed by atoms with Crippen molar-refractivity contribution in [2.45, 2.75) is 12.5 Å². The van der Waals surface area contributed by atoms with Gasteiger partial charge in [0.2, 0.25) is 0 Å². The van der Waals surface area contributed by atoms with E-state index in [0.29, 0.717) is 0 Å². The highest BCUT2D eigenvalue weighted by molar-refractivity contribution is 5.81. The van der Waals surface area contributed by atoms with Crippen molar-refractivity contribution < 1.29 is 19.4 Å². The molecule has 0 aliphatic carbocycles. The number of carboxylic acid groups (broad SMARTS) is 1. The lowest BCUT2D eigenvalue weighted by Gasteiger charge is -2.04. The Labute approximate surface area is 63.4 Å². The largest absolute Gasteiger partial charge is 0.481 e. The fourth-order valence-electron chi connectivity index (χ4n) is 0.441. The van der Waals surface area contributed by atoms with Gasteiger partial charge in [-0.25, -0.2) is 4.79 Å². The summed E-state index contributed by atoms with van der Waals surface area (Å²) in [4.78, 5) is 20.6. The molecule has 0 saturated carbocycles. The molecule has 0 aromatic carbocycles. The maximum absolute atomic E-state index is 10.6. The van der Waals surface area contributed by atoms with E-state index in [1.165, 1.54) is 0 Å². The summed E-state index contributed by atoms with van der Waals surface area (Å²) < 4.78 is 4.24. The van der Waals surface area contributed by atoms with Gasteiger partial charge < -0.3 is 15.6 Å². The van der Waals surface area contributed by atoms with Crippen molar-refractivity contribution in [2.24, 2.45) is 5.73 Å². The first kappa shape index (κ1) is 9.64. The summed E-state index contributed by atoms with van der Waals surface area (Å²) in [5, 5.41) is 8.19. The molecule has 0 aliphatic heterocycles. The zero-order valence-corrected chi connectivity index (χ0v) is 5.82. The summed E-state index contributed by atoms with van der Waals surface area (Å²) in [5.74, 6) is -1.93. The van der Waals surface area contributed by atoms with E-state index in [-0.39, 0.29) is 0 Å². The van der Waals surface area contributed by atoms with Crippen molar-refractivity contribution in [3.63, 3.8) is 0 Å². The van der Waals surface area contributed by atoms with Crippen LogP contribution in [0.1, 0.15) is 6.42 Å². The second-order valence-corrected chi connectivity index (χ2v) is 1.81. The number of rotatable bonds is 4. The van der Waals surface area contributed by atoms with Gasteiger partial charge in [0.05, 0.1) is 12.7 Å². The number of carbonyl (C=O) groups is 2. The normalized spacial score (nSPS) is 11.7. The van der Waals surface area contributed by atoms with E-state index >= 15 is 0 Å². The summed E-state index contributed by atoms with van der Waals surface area (Å²) in [7, 11) is 0. The number of carbonyl (C=O) groups excluding carboxylic acids is 1. The number of hydrogen-bond acceptors (Lipinski definition) is 4. The number of nitrogens with two attached hydrogens (primary N) is 1. The summed E-state index contributed by atoms with van der Waals surface area (Å²) in [5.41, 5.74) is 5.10. The minimum atomic E-state index is -1.14. The Kier molecular flexibility index (Phi) is 3.90. The lowest BCUT2D eigenvalue weighted by Crippen LogP contribution is -2.33. The molecule has 0 aliphatic rings. The van der Waals surface area contributed by atoms with Gasteiger partial charge in [-0.1, -0.05) is 6.58 Å². The molecule has 1 unspecified atom stereocenters. The van der Waals surface area contributed by atoms with E-state index in [1.807, 2.05) is 0 Å². The average Bonchev–Trinajstić information content (AvgIpc) is 1.86. The van der Waals surface area contributed by atoms with Gasteiger partial charge in [0.15, 0.2) is 0 Å². The van der Waals surface area contributed by atoms with Crippen LogP contribution in [0.2, 0.25) is 0 Å². The van der Waals surface area contributed by atoms with Crippen LogP contribution in [0.4, 0.5) is 0 Å². The van der Waals surface area contributed by atoms with Gasteiger partial charge in [0.1, 0.15) is 6.04 Å². The maximum Gasteiger partial charge on any atom is 0.328 e. The SMILES string of the molecule is C=COC(=O)C(N)CC(=O)O. The minimum Gasteiger partial charge on any atom is -0.481 e. The number of hydrogen-bond donors (Lipinski definition) is 2. The third-order valence-corrected chi connectivity index (χ3v) is 0.897. The zero-order valence-electron chi connectivity index (χ0n) is 5.82. The van der Waals surface area contributed by atoms with Gasteiger partial charge in [-0.2, -0.15) is 0 Å². The Bertz CT molecular complexity index is 177. The van der Waals surface area contributed by atoms with E-state index in [2.05, 4.69) is 11.3 Å². The Morgan fingerprint density at radius 1 is 1.73 bits per heavy atom. The molecule has 0 radical (unpaired) electrons. The lowest BCUT2D eigenvalue weighted by atomic mass is 10.2. The van der Waals surface area contributed by atoms with E-state index in [0.717, 1.165) is 6.26 Å². The van der Waals surface area contributed by atoms with Crippen molar-refractivity contribution in [2.75, 3.05) is 0 Å². The van der Waals surface area contributed by atoms with Crippen LogP contribution in [0.5, 0.6) is 0 Å². The summed E-state index contributed by atoms with van der Waals surface area (Å²) >= 11 is 0. The molecule has 1 atom stereocenters. The predicted octanol–water partition coefficient (Wildman–Crippen LogP) is -0.525. The van der Waals surface area contributed by atoms with Crippen LogP contribution in [0, 0.1) is 0 Å². The molecule has 0 aromatic heterocycles. The van der Waals surface area contributed by atoms with Gasteiger partial charge in [0, 0.05) is 0 Å². The van der Waals surface area contributed by atoms with Crippen molar-refractivity contribution >= 4 is 11.9 Å². The molecule has 0 heterocycles. The van der Waals surface area contributed by atoms with Crippen LogP contribution < -0.4 is 5.73 Å². The molecule has 5 nitrogen and oxygen atoms in total. The topological polar surface area (TPSA) is 89.6 Å². The number of carboxylic acids is 1. The van der Waals surface area contributed by atoms with Crippen LogP contribution in [0.15, 0.2) is 12.8 Å². The second-order valence-electron chi connectivity index (χ2n) is 1.81. The van der Waals surface area contributed by atoms with Crippen LogP contribution >= 0.6 is 0 Å². The first-order chi connectivity index (χ1) is 5.07. The molecule has 0 fully saturated rings. The first-order valence-corrected chi connectivity index (χ1v) is 2.86. The molecule has 5 heteroatoms. The summed E-state index contributed by atoms with van der Waals surface area (Å²) in [6, 6.07) is -1.12. The van der Waals surface area contributed by atoms with Gasteiger partial charge in [-0.15, -0.1) is 0 Å². The summed E-state index contributed by atoms with van der Waals surface area (Å²) in [6.45, 7) is 3.12. The quantitative estimate of drug-likeness (QED) is 0.425. The zero-order chi connectivity index (χ0) is 8.85. The Morgan fingerprint density at radius 3 is 2.64 bits per heavy atom. The highest BCUT2D eigenvalue weighted by Gasteiger charge is 2.17. The Balaban J connectivity index is 3.81. The van der Waals surface area contributed by atoms with Crippen molar-refractivity contribution in [3.8, 4) is 0 Å². The molecule has 0 spiro atoms. The van der Waals surface area contributed by atoms with Crippen molar-refractivity contribution in [1.82, 2.24) is 0 Å². The third kappa shape index (κ3) is 4.10. The fourth-order valence-corrected chi connectivity index (χ4v) is 0.441. The molecule has 0 aromatic rings. The lowest BCUT2D eigenvalue weighted by molar-refractivity contribution is -0.145. The van der Waals surface area contributed by atoms with Gasteiger partial charge >= 0.3 is 11.9 Å². The van der Waals surface area contributed by atoms with Crippen LogP contribution in [-0.2, 0) is 14.3 Å². The standard InChI is InChI=1S/C6H9NO4/c1-2-11-6(10)4(7)3-5(8)9/h2,4H,1,3,7H2,(H,8,9). The van der Waals surface area contributed by atoms with E-state index < -0.39 is 24.4 Å². The Hall–Kier alpha value is -1.36. The number of ether oxygens (including phenoxy) is 1. The molecule has 0 saturated heterocycles. The minimum absolute atomic E-state index is 0.438. The van der Waals surface area contributed by atoms with Gasteiger partial charge in [-0.3, -0.25) is 4.79 Å². The fraction of sp³-hybridized carbons (Fsp3) is 0.333. The van der Waals surface area contributed by atoms with Crippen molar-refractivity contribution in [3.05, 3.63) is 12.8 Å². The second kappa shape index (κ2) is 4.45. The van der Waals surface area contributed by atoms with E-state index in [1.54, 1.807) is 0 Å². The molecule has 62 valence electrons. The Morgan fingerprint density at radius 2 is 2.27 bits per heavy atom. The van der Waals surface area contributed by atoms with E-state index in [4.69, 9.17) is 10.8 Å². The highest BCUT2D eigenvalue weighted by atomic mass is 16.5. The van der Waals surface area contributed by atoms with Crippen LogP contribution in [0.25, 0.3) is 0 Å². The smallest absolute Gasteiger partial charge is 0.328 e. The molecule has 3 N–H and O–H groups in total. The third-order valence-electron chi connectivity index (χ3n) is 0.897. The van der Waals surface area contributed by atoms with Gasteiger partial charge in [0.25, 0.3) is 0 Å². The molecule has 0 amide bonds. The molecule has 11 heavy (non-hydrogen) atoms. The molecular formula is C6H9NO4. The monoisotopic (exact) mass is 159 g/mol. The average molecular weight is 159 g/mol. The maximum atomic E-state index is 10.6. The predicted molar refractivity (Wildman–Crippen MR) is 36.5 cm³/mol. The van der Waals surface area contributed by atoms with Crippen LogP contribution in [0.3, 0.4) is 0 Å². The highest BCUT2D eigenvalue weighted by Crippen LogP contribution is 1.91. The van der Waals surface area contributed by atoms with Crippen LogP contribution in [-0.4, -0.2) is 23.1 Å². The molecule has 0 rings (SSSR count). The van der Waals surface area contributed by atoms with Gasteiger partial charge in [-0.05, 0) is 0 Å². The number of aliphatic carboxylic acids is 1. The van der Waals surface area contributed by atoms with Crippen molar-refractivity contribution in [1.29, 1.82) is 0 Å². The van der Waals surface area contributed by atoms with E-state index in [9.17, 15) is 9.59 Å². The first-order valence-electron chi connectivity index (χ1n) is 2.86.